The van der Waals surface area contributed by atoms with Crippen molar-refractivity contribution in [3.05, 3.63) is 59.7 Å². The summed E-state index contributed by atoms with van der Waals surface area (Å²) in [7, 11) is 0. The number of hydrogen-bond donors (Lipinski definition) is 0. The van der Waals surface area contributed by atoms with E-state index in [4.69, 9.17) is 4.74 Å². The normalized spacial score (nSPS) is 17.0. The van der Waals surface area contributed by atoms with E-state index in [1.54, 1.807) is 29.8 Å². The number of fused-ring (bicyclic) bond motifs is 1. The first-order chi connectivity index (χ1) is 12.7. The van der Waals surface area contributed by atoms with E-state index in [0.717, 1.165) is 30.8 Å². The Balaban J connectivity index is 1.71. The first-order valence-electron chi connectivity index (χ1n) is 8.71. The molecule has 0 spiro atoms. The lowest BCUT2D eigenvalue weighted by Crippen LogP contribution is -2.24. The molecule has 0 bridgehead atoms. The number of aromatic nitrogens is 3. The molecule has 0 unspecified atom stereocenters. The molecule has 0 amide bonds. The van der Waals surface area contributed by atoms with E-state index in [-0.39, 0.29) is 11.9 Å². The number of carbonyl (C=O) groups is 1. The average molecular weight is 354 g/mol. The van der Waals surface area contributed by atoms with Crippen molar-refractivity contribution in [3.8, 4) is 0 Å². The molecule has 7 heteroatoms. The maximum absolute atomic E-state index is 13.6. The van der Waals surface area contributed by atoms with Crippen LogP contribution in [-0.4, -0.2) is 33.7 Å². The van der Waals surface area contributed by atoms with Crippen LogP contribution >= 0.6 is 0 Å². The molecule has 6 nitrogen and oxygen atoms in total. The molecular formula is C19H19FN4O2. The molecule has 1 saturated heterocycles. The van der Waals surface area contributed by atoms with Gasteiger partial charge >= 0.3 is 5.97 Å². The van der Waals surface area contributed by atoms with Crippen LogP contribution in [0.4, 0.5) is 10.2 Å². The summed E-state index contributed by atoms with van der Waals surface area (Å²) in [5, 5.41) is 4.16. The molecule has 0 aliphatic carbocycles. The highest BCUT2D eigenvalue weighted by Crippen LogP contribution is 2.35. The van der Waals surface area contributed by atoms with Gasteiger partial charge in [-0.15, -0.1) is 0 Å². The lowest BCUT2D eigenvalue weighted by Gasteiger charge is -2.26. The third kappa shape index (κ3) is 2.89. The lowest BCUT2D eigenvalue weighted by atomic mass is 10.0. The number of halogens is 1. The molecule has 134 valence electrons. The number of carbonyl (C=O) groups excluding carboxylic acids is 1. The Morgan fingerprint density at radius 3 is 3.08 bits per heavy atom. The van der Waals surface area contributed by atoms with Crippen molar-refractivity contribution in [1.82, 2.24) is 14.6 Å². The van der Waals surface area contributed by atoms with E-state index in [9.17, 15) is 9.18 Å². The van der Waals surface area contributed by atoms with Crippen LogP contribution < -0.4 is 4.90 Å². The van der Waals surface area contributed by atoms with Gasteiger partial charge in [-0.25, -0.2) is 18.7 Å². The number of rotatable bonds is 4. The molecule has 4 rings (SSSR count). The number of esters is 1. The number of ether oxygens (including phenoxy) is 1. The Bertz CT molecular complexity index is 956. The highest BCUT2D eigenvalue weighted by Gasteiger charge is 2.28. The van der Waals surface area contributed by atoms with Crippen LogP contribution in [0.25, 0.3) is 5.65 Å². The van der Waals surface area contributed by atoms with E-state index in [1.807, 2.05) is 12.1 Å². The Morgan fingerprint density at radius 2 is 2.27 bits per heavy atom. The van der Waals surface area contributed by atoms with Crippen LogP contribution in [0.5, 0.6) is 0 Å². The minimum absolute atomic E-state index is 0.0645. The largest absolute Gasteiger partial charge is 0.462 e. The predicted octanol–water partition coefficient (Wildman–Crippen LogP) is 3.39. The minimum Gasteiger partial charge on any atom is -0.462 e. The molecule has 0 N–H and O–H groups in total. The van der Waals surface area contributed by atoms with Gasteiger partial charge in [0.05, 0.1) is 18.8 Å². The topological polar surface area (TPSA) is 59.7 Å². The zero-order chi connectivity index (χ0) is 18.1. The molecule has 26 heavy (non-hydrogen) atoms. The van der Waals surface area contributed by atoms with Gasteiger partial charge in [0, 0.05) is 12.7 Å². The molecule has 0 saturated carbocycles. The molecule has 1 atom stereocenters. The summed E-state index contributed by atoms with van der Waals surface area (Å²) < 4.78 is 20.3. The highest BCUT2D eigenvalue weighted by atomic mass is 19.1. The third-order valence-corrected chi connectivity index (χ3v) is 4.63. The van der Waals surface area contributed by atoms with Gasteiger partial charge in [0.2, 0.25) is 0 Å². The fraction of sp³-hybridized carbons (Fsp3) is 0.316. The standard InChI is InChI=1S/C19H19FN4O2/c1-2-26-19(25)15-12-21-24-10-8-17(22-18(15)24)23-9-4-7-16(23)13-5-3-6-14(20)11-13/h3,5-6,8,10-12,16H,2,4,7,9H2,1H3/t16-/m1/s1. The molecule has 3 heterocycles. The maximum Gasteiger partial charge on any atom is 0.343 e. The minimum atomic E-state index is -0.435. The monoisotopic (exact) mass is 354 g/mol. The van der Waals surface area contributed by atoms with Gasteiger partial charge in [0.1, 0.15) is 17.2 Å². The van der Waals surface area contributed by atoms with Gasteiger partial charge in [-0.05, 0) is 43.5 Å². The second kappa shape index (κ2) is 6.74. The summed E-state index contributed by atoms with van der Waals surface area (Å²) in [4.78, 5) is 18.9. The van der Waals surface area contributed by atoms with E-state index in [0.29, 0.717) is 17.8 Å². The highest BCUT2D eigenvalue weighted by molar-refractivity contribution is 5.95. The van der Waals surface area contributed by atoms with Crippen LogP contribution in [0.3, 0.4) is 0 Å². The number of benzene rings is 1. The summed E-state index contributed by atoms with van der Waals surface area (Å²) in [6.07, 6.45) is 5.18. The van der Waals surface area contributed by atoms with Gasteiger partial charge in [-0.2, -0.15) is 5.10 Å². The quantitative estimate of drug-likeness (QED) is 0.672. The third-order valence-electron chi connectivity index (χ3n) is 4.63. The Kier molecular flexibility index (Phi) is 4.28. The Hall–Kier alpha value is -2.96. The van der Waals surface area contributed by atoms with Gasteiger partial charge in [0.25, 0.3) is 0 Å². The molecular weight excluding hydrogens is 335 g/mol. The van der Waals surface area contributed by atoms with E-state index >= 15 is 0 Å². The average Bonchev–Trinajstić information content (AvgIpc) is 3.28. The van der Waals surface area contributed by atoms with E-state index in [2.05, 4.69) is 15.0 Å². The summed E-state index contributed by atoms with van der Waals surface area (Å²) in [5.74, 6) is 0.0729. The molecule has 1 aliphatic rings. The molecule has 1 fully saturated rings. The fourth-order valence-electron chi connectivity index (χ4n) is 3.47. The van der Waals surface area contributed by atoms with Crippen molar-refractivity contribution in [3.63, 3.8) is 0 Å². The summed E-state index contributed by atoms with van der Waals surface area (Å²) in [6.45, 7) is 2.88. The van der Waals surface area contributed by atoms with E-state index in [1.165, 1.54) is 12.3 Å². The molecule has 2 aromatic heterocycles. The number of hydrogen-bond acceptors (Lipinski definition) is 5. The van der Waals surface area contributed by atoms with Crippen molar-refractivity contribution < 1.29 is 13.9 Å². The first-order valence-corrected chi connectivity index (χ1v) is 8.71. The Labute approximate surface area is 150 Å². The smallest absolute Gasteiger partial charge is 0.343 e. The van der Waals surface area contributed by atoms with Crippen molar-refractivity contribution in [2.24, 2.45) is 0 Å². The van der Waals surface area contributed by atoms with Gasteiger partial charge < -0.3 is 9.64 Å². The molecule has 3 aromatic rings. The van der Waals surface area contributed by atoms with Crippen LogP contribution in [0.1, 0.15) is 41.7 Å². The summed E-state index contributed by atoms with van der Waals surface area (Å²) in [5.41, 5.74) is 1.74. The van der Waals surface area contributed by atoms with Crippen LogP contribution in [0.15, 0.2) is 42.7 Å². The van der Waals surface area contributed by atoms with E-state index < -0.39 is 5.97 Å². The number of anilines is 1. The zero-order valence-electron chi connectivity index (χ0n) is 14.4. The SMILES string of the molecule is CCOC(=O)c1cnn2ccc(N3CCC[C@@H]3c3cccc(F)c3)nc12. The van der Waals surface area contributed by atoms with Crippen molar-refractivity contribution in [1.29, 1.82) is 0 Å². The fourth-order valence-corrected chi connectivity index (χ4v) is 3.47. The van der Waals surface area contributed by atoms with Crippen LogP contribution in [-0.2, 0) is 4.74 Å². The molecule has 1 aliphatic heterocycles. The van der Waals surface area contributed by atoms with Gasteiger partial charge in [-0.3, -0.25) is 0 Å². The predicted molar refractivity (Wildman–Crippen MR) is 94.7 cm³/mol. The summed E-state index contributed by atoms with van der Waals surface area (Å²) >= 11 is 0. The lowest BCUT2D eigenvalue weighted by molar-refractivity contribution is 0.0528. The van der Waals surface area contributed by atoms with Crippen molar-refractivity contribution in [2.45, 2.75) is 25.8 Å². The zero-order valence-corrected chi connectivity index (χ0v) is 14.4. The van der Waals surface area contributed by atoms with Crippen LogP contribution in [0.2, 0.25) is 0 Å². The second-order valence-electron chi connectivity index (χ2n) is 6.24. The first kappa shape index (κ1) is 16.5. The summed E-state index contributed by atoms with van der Waals surface area (Å²) in [6, 6.07) is 8.62. The second-order valence-corrected chi connectivity index (χ2v) is 6.24. The van der Waals surface area contributed by atoms with Crippen molar-refractivity contribution in [2.75, 3.05) is 18.1 Å². The molecule has 1 aromatic carbocycles. The maximum atomic E-state index is 13.6. The van der Waals surface area contributed by atoms with Crippen molar-refractivity contribution >= 4 is 17.4 Å². The Morgan fingerprint density at radius 1 is 1.38 bits per heavy atom. The van der Waals surface area contributed by atoms with Gasteiger partial charge in [0.15, 0.2) is 5.65 Å². The molecule has 0 radical (unpaired) electrons. The number of nitrogens with zero attached hydrogens (tertiary/aromatic N) is 4. The van der Waals surface area contributed by atoms with Crippen LogP contribution in [0, 0.1) is 5.82 Å². The van der Waals surface area contributed by atoms with Gasteiger partial charge in [-0.1, -0.05) is 12.1 Å².